The second kappa shape index (κ2) is 22.0. The van der Waals surface area contributed by atoms with Gasteiger partial charge in [0.1, 0.15) is 0 Å². The average molecular weight is 916 g/mol. The molecule has 2 heterocycles. The second-order valence-electron chi connectivity index (χ2n) is 14.1. The van der Waals surface area contributed by atoms with Gasteiger partial charge in [-0.1, -0.05) is 139 Å². The first-order chi connectivity index (χ1) is 27.5. The first kappa shape index (κ1) is 47.6. The molecule has 60 heavy (non-hydrogen) atoms. The number of anilines is 1. The van der Waals surface area contributed by atoms with Crippen LogP contribution in [0.4, 0.5) is 18.6 Å². The van der Waals surface area contributed by atoms with Crippen LogP contribution in [-0.2, 0) is 25.9 Å². The number of rotatable bonds is 2. The molecule has 10 heteroatoms. The molecule has 0 N–H and O–H groups in total. The molecule has 1 atom stereocenters. The maximum Gasteiger partial charge on any atom is 3.00 e. The SMILES string of the molecule is C1=CCC/C=C\CC1.FB(F)F.[CH2-]c1cccc2c1N([PH+]1Oc3ccc4ccccc4c3-c3c(ccc4ccccc34)O1)[C@H](c1cccc3ccccc13)CC2.[CH3-].[CH3-].[F-].[Rh+3]. The van der Waals surface area contributed by atoms with Gasteiger partial charge in [-0.25, -0.2) is 4.67 Å². The van der Waals surface area contributed by atoms with Gasteiger partial charge in [-0.2, -0.15) is 18.6 Å². The van der Waals surface area contributed by atoms with E-state index in [0.29, 0.717) is 0 Å². The standard InChI is InChI=1S/C40H29NO2P.C8H12.2CH3.BF3.FH.Rh/c1-26-10-8-15-30-20-23-35(34-19-9-14-27-11-2-5-16-31(27)34)41(40(26)30)44-42-36-24-21-28-12-3-6-17-32(28)38(36)39-33-18-7-4-13-29(33)22-25-37(39)43-44;1-2-4-6-8-7-5-3-1;;;2-1(3)4;;/h2-19,21-22,24-25,35H,1,20,23H2;1-2,7-8H,3-6H2;2*1H3;;1H;/q-1;;2*-1;;;+3/b;2-1-,8-7?;;;;;/t35-;;;;;;/m0....../s1. The van der Waals surface area contributed by atoms with Crippen LogP contribution in [0.15, 0.2) is 158 Å². The van der Waals surface area contributed by atoms with Crippen molar-refractivity contribution in [3.63, 3.8) is 0 Å². The number of hydrogen-bond donors (Lipinski definition) is 0. The number of nitrogens with zero attached hydrogens (tertiary/aromatic N) is 1. The first-order valence-electron chi connectivity index (χ1n) is 19.2. The Kier molecular flexibility index (Phi) is 17.4. The van der Waals surface area contributed by atoms with Gasteiger partial charge in [-0.3, -0.25) is 22.0 Å². The number of allylic oxidation sites excluding steroid dienone is 4. The van der Waals surface area contributed by atoms with Crippen molar-refractivity contribution in [3.8, 4) is 22.6 Å². The van der Waals surface area contributed by atoms with Gasteiger partial charge in [0.2, 0.25) is 0 Å². The molecule has 0 amide bonds. The zero-order valence-corrected chi connectivity index (χ0v) is 36.4. The summed E-state index contributed by atoms with van der Waals surface area (Å²) >= 11 is 0. The van der Waals surface area contributed by atoms with Crippen LogP contribution in [0.25, 0.3) is 43.4 Å². The molecule has 3 aliphatic rings. The molecule has 0 saturated heterocycles. The summed E-state index contributed by atoms with van der Waals surface area (Å²) in [6.45, 7) is 4.53. The molecule has 7 aromatic rings. The quantitative estimate of drug-likeness (QED) is 0.0567. The smallest absolute Gasteiger partial charge is 1.00 e. The minimum Gasteiger partial charge on any atom is -1.00 e. The Morgan fingerprint density at radius 1 is 0.567 bits per heavy atom. The van der Waals surface area contributed by atoms with E-state index in [-0.39, 0.29) is 45.1 Å². The molecular formula is C50H48BF4NO2PRh. The summed E-state index contributed by atoms with van der Waals surface area (Å²) < 4.78 is 45.8. The molecule has 0 aromatic heterocycles. The van der Waals surface area contributed by atoms with Crippen molar-refractivity contribution in [2.75, 3.05) is 4.67 Å². The second-order valence-corrected chi connectivity index (χ2v) is 15.5. The first-order valence-corrected chi connectivity index (χ1v) is 20.4. The predicted octanol–water partition coefficient (Wildman–Crippen LogP) is 12.4. The van der Waals surface area contributed by atoms with E-state index >= 15 is 0 Å². The Morgan fingerprint density at radius 3 is 1.52 bits per heavy atom. The Labute approximate surface area is 366 Å². The van der Waals surface area contributed by atoms with E-state index in [9.17, 15) is 12.9 Å². The van der Waals surface area contributed by atoms with Crippen molar-refractivity contribution in [2.45, 2.75) is 44.6 Å². The fraction of sp³-hybridized carbons (Fsp3) is 0.140. The van der Waals surface area contributed by atoms with Crippen LogP contribution in [0.1, 0.15) is 54.8 Å². The van der Waals surface area contributed by atoms with Gasteiger partial charge in [0.25, 0.3) is 0 Å². The maximum absolute atomic E-state index is 9.67. The van der Waals surface area contributed by atoms with Crippen molar-refractivity contribution in [3.05, 3.63) is 196 Å². The van der Waals surface area contributed by atoms with E-state index in [0.717, 1.165) is 57.5 Å². The van der Waals surface area contributed by atoms with Crippen LogP contribution in [-0.4, -0.2) is 7.54 Å². The molecular weight excluding hydrogens is 867 g/mol. The number of para-hydroxylation sites is 1. The van der Waals surface area contributed by atoms with E-state index in [1.165, 1.54) is 58.4 Å². The third kappa shape index (κ3) is 10.1. The Hall–Kier alpha value is -5.09. The number of fused-ring (bicyclic) bond motifs is 9. The largest absolute Gasteiger partial charge is 3.00 e. The molecule has 0 spiro atoms. The van der Waals surface area contributed by atoms with E-state index in [1.54, 1.807) is 0 Å². The zero-order chi connectivity index (χ0) is 38.4. The van der Waals surface area contributed by atoms with Crippen molar-refractivity contribution in [1.82, 2.24) is 0 Å². The van der Waals surface area contributed by atoms with Gasteiger partial charge in [-0.05, 0) is 94.2 Å². The Balaban J connectivity index is 0.000000436. The monoisotopic (exact) mass is 915 g/mol. The van der Waals surface area contributed by atoms with E-state index in [2.05, 4.69) is 169 Å². The van der Waals surface area contributed by atoms with E-state index in [4.69, 9.17) is 9.05 Å². The van der Waals surface area contributed by atoms with Gasteiger partial charge in [0.05, 0.1) is 6.04 Å². The third-order valence-corrected chi connectivity index (χ3v) is 12.3. The van der Waals surface area contributed by atoms with Crippen molar-refractivity contribution >= 4 is 54.1 Å². The van der Waals surface area contributed by atoms with Gasteiger partial charge >= 0.3 is 35.5 Å². The maximum atomic E-state index is 9.67. The number of hydrogen-bond acceptors (Lipinski definition) is 3. The normalized spacial score (nSPS) is 15.4. The van der Waals surface area contributed by atoms with Crippen LogP contribution in [0, 0.1) is 21.8 Å². The molecule has 1 aliphatic carbocycles. The fourth-order valence-electron chi connectivity index (χ4n) is 8.14. The van der Waals surface area contributed by atoms with Crippen molar-refractivity contribution in [1.29, 1.82) is 0 Å². The van der Waals surface area contributed by atoms with E-state index in [1.807, 2.05) is 0 Å². The Morgan fingerprint density at radius 2 is 1.00 bits per heavy atom. The fourth-order valence-corrected chi connectivity index (χ4v) is 10.1. The van der Waals surface area contributed by atoms with Gasteiger partial charge in [0, 0.05) is 11.1 Å². The summed E-state index contributed by atoms with van der Waals surface area (Å²) in [5, 5.41) is 7.20. The predicted molar refractivity (Wildman–Crippen MR) is 244 cm³/mol. The molecule has 0 bridgehead atoms. The van der Waals surface area contributed by atoms with Crippen LogP contribution >= 0.6 is 8.53 Å². The molecule has 0 unspecified atom stereocenters. The number of aryl methyl sites for hydroxylation is 1. The van der Waals surface area contributed by atoms with Gasteiger partial charge in [-0.15, -0.1) is 6.07 Å². The number of benzene rings is 7. The van der Waals surface area contributed by atoms with Crippen LogP contribution in [0.2, 0.25) is 0 Å². The molecule has 3 nitrogen and oxygen atoms in total. The van der Waals surface area contributed by atoms with Crippen molar-refractivity contribution in [2.24, 2.45) is 0 Å². The summed E-state index contributed by atoms with van der Waals surface area (Å²) in [5.74, 6) is 1.72. The summed E-state index contributed by atoms with van der Waals surface area (Å²) in [4.78, 5) is 0. The van der Waals surface area contributed by atoms with E-state index < -0.39 is 16.1 Å². The van der Waals surface area contributed by atoms with Crippen LogP contribution in [0.3, 0.4) is 0 Å². The molecule has 0 saturated carbocycles. The van der Waals surface area contributed by atoms with Crippen LogP contribution < -0.4 is 18.4 Å². The molecule has 7 aromatic carbocycles. The Bertz CT molecular complexity index is 2450. The van der Waals surface area contributed by atoms with Crippen LogP contribution in [0.5, 0.6) is 11.5 Å². The minimum absolute atomic E-state index is 0. The van der Waals surface area contributed by atoms with Crippen molar-refractivity contribution < 1.29 is 46.2 Å². The number of halogens is 4. The third-order valence-electron chi connectivity index (χ3n) is 10.6. The molecule has 10 rings (SSSR count). The summed E-state index contributed by atoms with van der Waals surface area (Å²) in [6.07, 6.45) is 15.9. The van der Waals surface area contributed by atoms with Gasteiger partial charge < -0.3 is 19.6 Å². The summed E-state index contributed by atoms with van der Waals surface area (Å²) in [5.41, 5.74) is 6.91. The minimum atomic E-state index is -3.67. The summed E-state index contributed by atoms with van der Waals surface area (Å²) in [6, 6.07) is 47.6. The summed E-state index contributed by atoms with van der Waals surface area (Å²) in [7, 11) is -5.81. The molecule has 0 radical (unpaired) electrons. The molecule has 2 aliphatic heterocycles. The van der Waals surface area contributed by atoms with Gasteiger partial charge in [0.15, 0.2) is 11.5 Å². The molecule has 310 valence electrons. The average Bonchev–Trinajstić information content (AvgIpc) is 3.38. The zero-order valence-electron chi connectivity index (χ0n) is 33.7. The topological polar surface area (TPSA) is 21.7 Å². The molecule has 0 fully saturated rings.